The van der Waals surface area contributed by atoms with Gasteiger partial charge in [-0.1, -0.05) is 0 Å². The number of hydrogen-bond acceptors (Lipinski definition) is 3. The molecular weight excluding hydrogens is 242 g/mol. The van der Waals surface area contributed by atoms with Crippen molar-refractivity contribution < 1.29 is 4.74 Å². The van der Waals surface area contributed by atoms with Crippen LogP contribution in [0.15, 0.2) is 0 Å². The van der Waals surface area contributed by atoms with E-state index in [1.54, 1.807) is 0 Å². The highest BCUT2D eigenvalue weighted by atomic mass is 32.2. The Morgan fingerprint density at radius 2 is 1.61 bits per heavy atom. The molecule has 5 fully saturated rings. The van der Waals surface area contributed by atoms with Gasteiger partial charge in [0.1, 0.15) is 0 Å². The van der Waals surface area contributed by atoms with E-state index in [1.165, 1.54) is 44.3 Å². The Labute approximate surface area is 114 Å². The van der Waals surface area contributed by atoms with Crippen molar-refractivity contribution >= 4 is 11.8 Å². The van der Waals surface area contributed by atoms with E-state index < -0.39 is 0 Å². The van der Waals surface area contributed by atoms with E-state index in [4.69, 9.17) is 10.5 Å². The third kappa shape index (κ3) is 1.94. The molecule has 0 spiro atoms. The molecule has 4 aliphatic carbocycles. The predicted octanol–water partition coefficient (Wildman–Crippen LogP) is 2.66. The van der Waals surface area contributed by atoms with Gasteiger partial charge >= 0.3 is 0 Å². The molecule has 1 unspecified atom stereocenters. The van der Waals surface area contributed by atoms with Gasteiger partial charge in [0.2, 0.25) is 0 Å². The molecule has 0 radical (unpaired) electrons. The monoisotopic (exact) mass is 267 g/mol. The number of rotatable bonds is 4. The van der Waals surface area contributed by atoms with Gasteiger partial charge in [0.25, 0.3) is 0 Å². The molecule has 1 atom stereocenters. The van der Waals surface area contributed by atoms with Crippen LogP contribution in [0.4, 0.5) is 0 Å². The van der Waals surface area contributed by atoms with E-state index in [0.717, 1.165) is 36.2 Å². The Morgan fingerprint density at radius 3 is 2.06 bits per heavy atom. The smallest absolute Gasteiger partial charge is 0.0607 e. The molecule has 2 N–H and O–H groups in total. The lowest BCUT2D eigenvalue weighted by Gasteiger charge is -2.59. The average Bonchev–Trinajstić information content (AvgIpc) is 2.24. The average molecular weight is 267 g/mol. The maximum Gasteiger partial charge on any atom is 0.0607 e. The van der Waals surface area contributed by atoms with Crippen molar-refractivity contribution in [1.29, 1.82) is 0 Å². The molecule has 0 amide bonds. The van der Waals surface area contributed by atoms with Gasteiger partial charge in [-0.3, -0.25) is 0 Å². The molecule has 5 rings (SSSR count). The van der Waals surface area contributed by atoms with E-state index in [9.17, 15) is 0 Å². The minimum atomic E-state index is 0.441. The molecule has 5 aliphatic rings. The maximum atomic E-state index is 6.64. The fraction of sp³-hybridized carbons (Fsp3) is 1.00. The molecule has 2 nitrogen and oxygen atoms in total. The fourth-order valence-corrected chi connectivity index (χ4v) is 6.58. The Bertz CT molecular complexity index is 293. The molecular formula is C15H25NOS. The molecule has 1 aliphatic heterocycles. The lowest BCUT2D eigenvalue weighted by molar-refractivity contribution is -0.0630. The van der Waals surface area contributed by atoms with E-state index in [1.807, 2.05) is 0 Å². The van der Waals surface area contributed by atoms with E-state index >= 15 is 0 Å². The van der Waals surface area contributed by atoms with Gasteiger partial charge in [-0.25, -0.2) is 0 Å². The van der Waals surface area contributed by atoms with E-state index in [-0.39, 0.29) is 0 Å². The van der Waals surface area contributed by atoms with Gasteiger partial charge in [-0.15, -0.1) is 0 Å². The second kappa shape index (κ2) is 4.39. The zero-order chi connectivity index (χ0) is 12.2. The third-order valence-corrected chi connectivity index (χ3v) is 7.29. The summed E-state index contributed by atoms with van der Waals surface area (Å²) >= 11 is 2.07. The quantitative estimate of drug-likeness (QED) is 0.850. The van der Waals surface area contributed by atoms with Crippen LogP contribution in [0, 0.1) is 23.2 Å². The van der Waals surface area contributed by atoms with E-state index in [0.29, 0.717) is 11.5 Å². The van der Waals surface area contributed by atoms with Crippen molar-refractivity contribution in [3.63, 3.8) is 0 Å². The van der Waals surface area contributed by atoms with Gasteiger partial charge in [-0.2, -0.15) is 11.8 Å². The largest absolute Gasteiger partial charge is 0.379 e. The van der Waals surface area contributed by atoms with Crippen LogP contribution in [0.5, 0.6) is 0 Å². The third-order valence-electron chi connectivity index (χ3n) is 5.99. The zero-order valence-corrected chi connectivity index (χ0v) is 12.0. The Morgan fingerprint density at radius 1 is 1.06 bits per heavy atom. The van der Waals surface area contributed by atoms with Crippen molar-refractivity contribution in [3.8, 4) is 0 Å². The summed E-state index contributed by atoms with van der Waals surface area (Å²) in [5, 5.41) is 0.741. The normalized spacial score (nSPS) is 48.2. The first-order valence-electron chi connectivity index (χ1n) is 7.68. The number of thioether (sulfide) groups is 1. The highest BCUT2D eigenvalue weighted by Crippen LogP contribution is 2.61. The predicted molar refractivity (Wildman–Crippen MR) is 75.6 cm³/mol. The first-order chi connectivity index (χ1) is 8.73. The highest BCUT2D eigenvalue weighted by Gasteiger charge is 2.53. The summed E-state index contributed by atoms with van der Waals surface area (Å²) < 4.78 is 5.25. The van der Waals surface area contributed by atoms with Gasteiger partial charge in [0.05, 0.1) is 18.5 Å². The Kier molecular flexibility index (Phi) is 2.94. The van der Waals surface area contributed by atoms with E-state index in [2.05, 4.69) is 11.8 Å². The second-order valence-corrected chi connectivity index (χ2v) is 8.71. The molecule has 1 heterocycles. The summed E-state index contributed by atoms with van der Waals surface area (Å²) in [5.41, 5.74) is 7.17. The SMILES string of the molecule is NC(CSC1COC1)C12CC3CC(CC(C3)C1)C2. The van der Waals surface area contributed by atoms with Crippen LogP contribution in [-0.2, 0) is 4.74 Å². The minimum Gasteiger partial charge on any atom is -0.379 e. The Hall–Kier alpha value is 0.270. The fourth-order valence-electron chi connectivity index (χ4n) is 5.36. The molecule has 18 heavy (non-hydrogen) atoms. The lowest BCUT2D eigenvalue weighted by atomic mass is 9.48. The maximum absolute atomic E-state index is 6.64. The molecule has 4 bridgehead atoms. The van der Waals surface area contributed by atoms with Crippen molar-refractivity contribution in [1.82, 2.24) is 0 Å². The van der Waals surface area contributed by atoms with Crippen molar-refractivity contribution in [2.75, 3.05) is 19.0 Å². The van der Waals surface area contributed by atoms with Gasteiger partial charge in [0, 0.05) is 11.8 Å². The van der Waals surface area contributed by atoms with Crippen molar-refractivity contribution in [3.05, 3.63) is 0 Å². The minimum absolute atomic E-state index is 0.441. The van der Waals surface area contributed by atoms with Crippen LogP contribution in [0.3, 0.4) is 0 Å². The molecule has 0 aromatic rings. The number of ether oxygens (including phenoxy) is 1. The van der Waals surface area contributed by atoms with Crippen LogP contribution in [-0.4, -0.2) is 30.3 Å². The van der Waals surface area contributed by atoms with Crippen molar-refractivity contribution in [2.45, 2.75) is 49.8 Å². The summed E-state index contributed by atoms with van der Waals surface area (Å²) in [6.07, 6.45) is 8.91. The van der Waals surface area contributed by atoms with Crippen LogP contribution in [0.25, 0.3) is 0 Å². The van der Waals surface area contributed by atoms with Gasteiger partial charge in [0.15, 0.2) is 0 Å². The molecule has 102 valence electrons. The van der Waals surface area contributed by atoms with Crippen LogP contribution >= 0.6 is 11.8 Å². The molecule has 1 saturated heterocycles. The summed E-state index contributed by atoms with van der Waals surface area (Å²) in [6.45, 7) is 1.91. The summed E-state index contributed by atoms with van der Waals surface area (Å²) in [7, 11) is 0. The second-order valence-electron chi connectivity index (χ2n) is 7.38. The topological polar surface area (TPSA) is 35.2 Å². The summed E-state index contributed by atoms with van der Waals surface area (Å²) in [4.78, 5) is 0. The molecule has 3 heteroatoms. The van der Waals surface area contributed by atoms with Gasteiger partial charge in [-0.05, 0) is 61.7 Å². The highest BCUT2D eigenvalue weighted by molar-refractivity contribution is 8.00. The molecule has 0 aromatic heterocycles. The van der Waals surface area contributed by atoms with Crippen LogP contribution < -0.4 is 5.73 Å². The number of nitrogens with two attached hydrogens (primary N) is 1. The standard InChI is InChI=1S/C15H25NOS/c16-14(9-18-13-7-17-8-13)15-4-10-1-11(5-15)3-12(2-10)6-15/h10-14H,1-9,16H2. The summed E-state index contributed by atoms with van der Waals surface area (Å²) in [5.74, 6) is 4.25. The molecule has 4 saturated carbocycles. The van der Waals surface area contributed by atoms with Crippen molar-refractivity contribution in [2.24, 2.45) is 28.9 Å². The van der Waals surface area contributed by atoms with Crippen LogP contribution in [0.1, 0.15) is 38.5 Å². The summed E-state index contributed by atoms with van der Waals surface area (Å²) in [6, 6.07) is 0.441. The zero-order valence-electron chi connectivity index (χ0n) is 11.1. The first-order valence-corrected chi connectivity index (χ1v) is 8.73. The molecule has 0 aromatic carbocycles. The number of hydrogen-bond donors (Lipinski definition) is 1. The lowest BCUT2D eigenvalue weighted by Crippen LogP contribution is -2.55. The Balaban J connectivity index is 1.42. The first kappa shape index (κ1) is 12.0. The van der Waals surface area contributed by atoms with Gasteiger partial charge < -0.3 is 10.5 Å². The van der Waals surface area contributed by atoms with Crippen LogP contribution in [0.2, 0.25) is 0 Å².